The van der Waals surface area contributed by atoms with Crippen molar-refractivity contribution in [2.24, 2.45) is 0 Å². The first-order valence-electron chi connectivity index (χ1n) is 9.98. The molecular formula is C20H29N5O3. The van der Waals surface area contributed by atoms with Crippen molar-refractivity contribution in [1.29, 1.82) is 0 Å². The maximum absolute atomic E-state index is 12.5. The summed E-state index contributed by atoms with van der Waals surface area (Å²) in [6, 6.07) is 0. The number of aryl methyl sites for hydroxylation is 1. The molecule has 152 valence electrons. The molecule has 0 atom stereocenters. The number of nitrogens with one attached hydrogen (secondary N) is 1. The predicted molar refractivity (Wildman–Crippen MR) is 105 cm³/mol. The monoisotopic (exact) mass is 387 g/mol. The molecule has 0 saturated carbocycles. The number of likely N-dealkylation sites (tertiary alicyclic amines) is 1. The summed E-state index contributed by atoms with van der Waals surface area (Å²) in [5.74, 6) is -1.11. The van der Waals surface area contributed by atoms with Gasteiger partial charge in [-0.15, -0.1) is 0 Å². The number of aromatic nitrogens is 2. The number of carbonyl (C=O) groups is 3. The van der Waals surface area contributed by atoms with Gasteiger partial charge in [-0.05, 0) is 50.9 Å². The fourth-order valence-corrected chi connectivity index (χ4v) is 3.89. The third-order valence-corrected chi connectivity index (χ3v) is 5.24. The van der Waals surface area contributed by atoms with Crippen LogP contribution < -0.4 is 5.32 Å². The topological polar surface area (TPSA) is 87.5 Å². The molecule has 8 heteroatoms. The van der Waals surface area contributed by atoms with Crippen LogP contribution in [0.1, 0.15) is 57.3 Å². The zero-order valence-electron chi connectivity index (χ0n) is 16.9. The van der Waals surface area contributed by atoms with Crippen LogP contribution in [0.2, 0.25) is 0 Å². The second-order valence-corrected chi connectivity index (χ2v) is 7.78. The average molecular weight is 387 g/mol. The van der Waals surface area contributed by atoms with Crippen LogP contribution in [0.3, 0.4) is 0 Å². The SMILES string of the molecule is CC(=O)N1CC(=O)NC(=Cc2ncn(CCCN3CCCC3)c2C(C)C)C1=O. The molecule has 3 amide bonds. The maximum atomic E-state index is 12.5. The van der Waals surface area contributed by atoms with E-state index >= 15 is 0 Å². The minimum Gasteiger partial charge on any atom is -0.334 e. The molecule has 2 aliphatic rings. The summed E-state index contributed by atoms with van der Waals surface area (Å²) in [4.78, 5) is 43.9. The normalized spacial score (nSPS) is 19.7. The minimum atomic E-state index is -0.495. The van der Waals surface area contributed by atoms with Crippen molar-refractivity contribution < 1.29 is 14.4 Å². The van der Waals surface area contributed by atoms with Gasteiger partial charge in [0.15, 0.2) is 0 Å². The molecule has 3 heterocycles. The Balaban J connectivity index is 1.78. The quantitative estimate of drug-likeness (QED) is 0.745. The Morgan fingerprint density at radius 2 is 1.96 bits per heavy atom. The minimum absolute atomic E-state index is 0.0932. The van der Waals surface area contributed by atoms with Crippen molar-refractivity contribution in [3.8, 4) is 0 Å². The van der Waals surface area contributed by atoms with Crippen LogP contribution in [0.25, 0.3) is 6.08 Å². The fraction of sp³-hybridized carbons (Fsp3) is 0.600. The Labute approximate surface area is 165 Å². The number of piperazine rings is 1. The van der Waals surface area contributed by atoms with Gasteiger partial charge in [0, 0.05) is 19.2 Å². The number of hydrogen-bond acceptors (Lipinski definition) is 5. The van der Waals surface area contributed by atoms with E-state index in [0.29, 0.717) is 5.69 Å². The van der Waals surface area contributed by atoms with E-state index in [1.807, 2.05) is 0 Å². The fourth-order valence-electron chi connectivity index (χ4n) is 3.89. The summed E-state index contributed by atoms with van der Waals surface area (Å²) in [6.07, 6.45) is 7.00. The van der Waals surface area contributed by atoms with E-state index in [4.69, 9.17) is 0 Å². The Hall–Kier alpha value is -2.48. The number of imidazole rings is 1. The zero-order chi connectivity index (χ0) is 20.3. The number of nitrogens with zero attached hydrogens (tertiary/aromatic N) is 4. The standard InChI is InChI=1S/C20H29N5O3/c1-14(2)19-16(11-17-20(28)25(15(3)26)12-18(27)22-17)21-13-24(19)10-6-9-23-7-4-5-8-23/h11,13-14H,4-10,12H2,1-3H3,(H,22,27). The number of amides is 3. The largest absolute Gasteiger partial charge is 0.334 e. The first kappa shape index (κ1) is 20.3. The summed E-state index contributed by atoms with van der Waals surface area (Å²) >= 11 is 0. The van der Waals surface area contributed by atoms with Gasteiger partial charge in [0.1, 0.15) is 12.2 Å². The molecule has 2 fully saturated rings. The van der Waals surface area contributed by atoms with E-state index in [0.717, 1.165) is 30.1 Å². The molecule has 28 heavy (non-hydrogen) atoms. The molecule has 0 radical (unpaired) electrons. The molecule has 1 aromatic rings. The number of rotatable bonds is 6. The van der Waals surface area contributed by atoms with Gasteiger partial charge in [-0.25, -0.2) is 4.98 Å². The van der Waals surface area contributed by atoms with Crippen LogP contribution in [0.4, 0.5) is 0 Å². The van der Waals surface area contributed by atoms with Crippen molar-refractivity contribution in [3.63, 3.8) is 0 Å². The first-order chi connectivity index (χ1) is 13.4. The molecule has 2 aliphatic heterocycles. The smallest absolute Gasteiger partial charge is 0.277 e. The van der Waals surface area contributed by atoms with Crippen molar-refractivity contribution in [1.82, 2.24) is 24.7 Å². The third kappa shape index (κ3) is 4.49. The van der Waals surface area contributed by atoms with Crippen LogP contribution in [-0.4, -0.2) is 63.3 Å². The number of hydrogen-bond donors (Lipinski definition) is 1. The van der Waals surface area contributed by atoms with E-state index in [2.05, 4.69) is 33.6 Å². The summed E-state index contributed by atoms with van der Waals surface area (Å²) in [7, 11) is 0. The molecular weight excluding hydrogens is 358 g/mol. The predicted octanol–water partition coefficient (Wildman–Crippen LogP) is 1.34. The highest BCUT2D eigenvalue weighted by Gasteiger charge is 2.31. The Kier molecular flexibility index (Phi) is 6.28. The van der Waals surface area contributed by atoms with Crippen molar-refractivity contribution in [2.75, 3.05) is 26.2 Å². The summed E-state index contributed by atoms with van der Waals surface area (Å²) in [6.45, 7) is 9.52. The summed E-state index contributed by atoms with van der Waals surface area (Å²) in [5, 5.41) is 2.58. The third-order valence-electron chi connectivity index (χ3n) is 5.24. The van der Waals surface area contributed by atoms with E-state index in [9.17, 15) is 14.4 Å². The molecule has 0 aliphatic carbocycles. The molecule has 1 aromatic heterocycles. The van der Waals surface area contributed by atoms with Crippen LogP contribution in [0.5, 0.6) is 0 Å². The lowest BCUT2D eigenvalue weighted by Gasteiger charge is -2.25. The van der Waals surface area contributed by atoms with Gasteiger partial charge >= 0.3 is 0 Å². The van der Waals surface area contributed by atoms with Gasteiger partial charge in [-0.3, -0.25) is 19.3 Å². The van der Waals surface area contributed by atoms with Gasteiger partial charge in [-0.1, -0.05) is 13.8 Å². The lowest BCUT2D eigenvalue weighted by molar-refractivity contribution is -0.147. The highest BCUT2D eigenvalue weighted by molar-refractivity contribution is 6.12. The average Bonchev–Trinajstić information content (AvgIpc) is 3.27. The second-order valence-electron chi connectivity index (χ2n) is 7.78. The van der Waals surface area contributed by atoms with Gasteiger partial charge in [0.25, 0.3) is 5.91 Å². The van der Waals surface area contributed by atoms with Gasteiger partial charge in [-0.2, -0.15) is 0 Å². The van der Waals surface area contributed by atoms with Crippen molar-refractivity contribution in [2.45, 2.75) is 52.5 Å². The van der Waals surface area contributed by atoms with Gasteiger partial charge < -0.3 is 14.8 Å². The van der Waals surface area contributed by atoms with E-state index < -0.39 is 11.8 Å². The molecule has 0 spiro atoms. The van der Waals surface area contributed by atoms with Gasteiger partial charge in [0.05, 0.1) is 12.0 Å². The number of imide groups is 1. The molecule has 8 nitrogen and oxygen atoms in total. The van der Waals surface area contributed by atoms with Crippen LogP contribution in [0, 0.1) is 0 Å². The van der Waals surface area contributed by atoms with E-state index in [1.54, 1.807) is 12.4 Å². The second kappa shape index (κ2) is 8.68. The maximum Gasteiger partial charge on any atom is 0.277 e. The van der Waals surface area contributed by atoms with Crippen molar-refractivity contribution >= 4 is 23.8 Å². The lowest BCUT2D eigenvalue weighted by atomic mass is 10.1. The molecule has 3 rings (SSSR count). The highest BCUT2D eigenvalue weighted by atomic mass is 16.2. The van der Waals surface area contributed by atoms with Crippen LogP contribution >= 0.6 is 0 Å². The molecule has 0 unspecified atom stereocenters. The van der Waals surface area contributed by atoms with Crippen molar-refractivity contribution in [3.05, 3.63) is 23.4 Å². The molecule has 0 aromatic carbocycles. The van der Waals surface area contributed by atoms with E-state index in [-0.39, 0.29) is 24.1 Å². The zero-order valence-corrected chi connectivity index (χ0v) is 16.9. The first-order valence-corrected chi connectivity index (χ1v) is 9.98. The number of carbonyl (C=O) groups excluding carboxylic acids is 3. The molecule has 2 saturated heterocycles. The van der Waals surface area contributed by atoms with Crippen LogP contribution in [0.15, 0.2) is 12.0 Å². The highest BCUT2D eigenvalue weighted by Crippen LogP contribution is 2.22. The molecule has 0 bridgehead atoms. The van der Waals surface area contributed by atoms with Gasteiger partial charge in [0.2, 0.25) is 11.8 Å². The Morgan fingerprint density at radius 1 is 1.25 bits per heavy atom. The Morgan fingerprint density at radius 3 is 2.61 bits per heavy atom. The summed E-state index contributed by atoms with van der Waals surface area (Å²) in [5.41, 5.74) is 1.77. The van der Waals surface area contributed by atoms with E-state index in [1.165, 1.54) is 32.9 Å². The Bertz CT molecular complexity index is 790. The van der Waals surface area contributed by atoms with Crippen LogP contribution in [-0.2, 0) is 20.9 Å². The summed E-state index contributed by atoms with van der Waals surface area (Å²) < 4.78 is 2.13. The lowest BCUT2D eigenvalue weighted by Crippen LogP contribution is -2.51. The molecule has 1 N–H and O–H groups in total.